The maximum Gasteiger partial charge on any atom is 0.221 e. The summed E-state index contributed by atoms with van der Waals surface area (Å²) in [5, 5.41) is 8.36. The lowest BCUT2D eigenvalue weighted by molar-refractivity contribution is -0.114. The normalized spacial score (nSPS) is 17.0. The van der Waals surface area contributed by atoms with Crippen molar-refractivity contribution in [3.05, 3.63) is 16.3 Å². The molecular formula is C15H26N4OS. The first-order valence-electron chi connectivity index (χ1n) is 7.60. The molecule has 0 bridgehead atoms. The molecule has 0 radical (unpaired) electrons. The quantitative estimate of drug-likeness (QED) is 0.748. The minimum Gasteiger partial charge on any atom is -0.325 e. The molecule has 6 heteroatoms. The largest absolute Gasteiger partial charge is 0.325 e. The van der Waals surface area contributed by atoms with Gasteiger partial charge in [-0.3, -0.25) is 4.79 Å². The van der Waals surface area contributed by atoms with Gasteiger partial charge < -0.3 is 20.4 Å². The van der Waals surface area contributed by atoms with Crippen molar-refractivity contribution in [2.75, 3.05) is 51.6 Å². The number of likely N-dealkylation sites (N-methyl/N-ethyl adjacent to an activating group) is 1. The van der Waals surface area contributed by atoms with Gasteiger partial charge in [0.1, 0.15) is 0 Å². The van der Waals surface area contributed by atoms with Crippen LogP contribution in [0.2, 0.25) is 0 Å². The topological polar surface area (TPSA) is 47.6 Å². The Morgan fingerprint density at radius 1 is 1.33 bits per heavy atom. The van der Waals surface area contributed by atoms with Crippen LogP contribution >= 0.6 is 11.3 Å². The fourth-order valence-corrected chi connectivity index (χ4v) is 3.28. The Kier molecular flexibility index (Phi) is 6.63. The fourth-order valence-electron chi connectivity index (χ4n) is 2.48. The van der Waals surface area contributed by atoms with E-state index in [1.807, 2.05) is 11.4 Å². The van der Waals surface area contributed by atoms with E-state index in [9.17, 15) is 4.79 Å². The minimum atomic E-state index is -0.00952. The highest BCUT2D eigenvalue weighted by Crippen LogP contribution is 2.21. The summed E-state index contributed by atoms with van der Waals surface area (Å²) in [5.74, 6) is -0.00952. The second-order valence-corrected chi connectivity index (χ2v) is 6.61. The van der Waals surface area contributed by atoms with Crippen LogP contribution in [0.3, 0.4) is 0 Å². The molecule has 1 aromatic rings. The van der Waals surface area contributed by atoms with Gasteiger partial charge in [-0.25, -0.2) is 0 Å². The second kappa shape index (κ2) is 8.48. The summed E-state index contributed by atoms with van der Waals surface area (Å²) in [6, 6.07) is 1.97. The maximum atomic E-state index is 11.1. The molecule has 1 aromatic heterocycles. The van der Waals surface area contributed by atoms with E-state index in [0.717, 1.165) is 18.8 Å². The summed E-state index contributed by atoms with van der Waals surface area (Å²) in [5.41, 5.74) is 0.944. The summed E-state index contributed by atoms with van der Waals surface area (Å²) in [6.07, 6.45) is 1.17. The SMILES string of the molecule is CC(=O)Nc1ccsc1CNCCCN1CCN(C)CC1. The molecule has 118 valence electrons. The molecule has 1 aliphatic heterocycles. The highest BCUT2D eigenvalue weighted by Gasteiger charge is 2.12. The van der Waals surface area contributed by atoms with Gasteiger partial charge >= 0.3 is 0 Å². The lowest BCUT2D eigenvalue weighted by Gasteiger charge is -2.32. The molecule has 1 aliphatic rings. The Morgan fingerprint density at radius 2 is 2.10 bits per heavy atom. The molecule has 0 saturated carbocycles. The van der Waals surface area contributed by atoms with E-state index in [-0.39, 0.29) is 5.91 Å². The molecule has 21 heavy (non-hydrogen) atoms. The third kappa shape index (κ3) is 5.74. The number of rotatable bonds is 7. The van der Waals surface area contributed by atoms with Crippen molar-refractivity contribution in [2.45, 2.75) is 19.9 Å². The van der Waals surface area contributed by atoms with Crippen LogP contribution in [0, 0.1) is 0 Å². The Labute approximate surface area is 131 Å². The van der Waals surface area contributed by atoms with Crippen LogP contribution in [0.5, 0.6) is 0 Å². The summed E-state index contributed by atoms with van der Waals surface area (Å²) < 4.78 is 0. The van der Waals surface area contributed by atoms with Gasteiger partial charge in [0, 0.05) is 44.5 Å². The van der Waals surface area contributed by atoms with Crippen molar-refractivity contribution in [2.24, 2.45) is 0 Å². The molecule has 1 fully saturated rings. The van der Waals surface area contributed by atoms with Crippen molar-refractivity contribution in [1.82, 2.24) is 15.1 Å². The molecule has 1 saturated heterocycles. The van der Waals surface area contributed by atoms with E-state index in [0.29, 0.717) is 0 Å². The van der Waals surface area contributed by atoms with Crippen LogP contribution in [0.4, 0.5) is 5.69 Å². The van der Waals surface area contributed by atoms with Crippen LogP contribution in [-0.4, -0.2) is 62.0 Å². The predicted molar refractivity (Wildman–Crippen MR) is 88.9 cm³/mol. The van der Waals surface area contributed by atoms with Gasteiger partial charge in [-0.05, 0) is 38.0 Å². The van der Waals surface area contributed by atoms with Crippen LogP contribution in [0.25, 0.3) is 0 Å². The van der Waals surface area contributed by atoms with E-state index in [4.69, 9.17) is 0 Å². The van der Waals surface area contributed by atoms with Crippen molar-refractivity contribution in [3.63, 3.8) is 0 Å². The molecule has 5 nitrogen and oxygen atoms in total. The average molecular weight is 310 g/mol. The standard InChI is InChI=1S/C15H26N4OS/c1-13(20)17-14-4-11-21-15(14)12-16-5-3-6-19-9-7-18(2)8-10-19/h4,11,16H,3,5-10,12H2,1-2H3,(H,17,20). The number of piperazine rings is 1. The minimum absolute atomic E-state index is 0.00952. The third-order valence-corrected chi connectivity index (χ3v) is 4.69. The molecule has 0 unspecified atom stereocenters. The number of hydrogen-bond acceptors (Lipinski definition) is 5. The number of anilines is 1. The van der Waals surface area contributed by atoms with Crippen molar-refractivity contribution >= 4 is 22.9 Å². The van der Waals surface area contributed by atoms with E-state index in [1.54, 1.807) is 18.3 Å². The summed E-state index contributed by atoms with van der Waals surface area (Å²) >= 11 is 1.68. The lowest BCUT2D eigenvalue weighted by atomic mass is 10.3. The summed E-state index contributed by atoms with van der Waals surface area (Å²) in [4.78, 5) is 17.2. The van der Waals surface area contributed by atoms with Crippen molar-refractivity contribution < 1.29 is 4.79 Å². The number of nitrogens with one attached hydrogen (secondary N) is 2. The number of carbonyl (C=O) groups excluding carboxylic acids is 1. The number of carbonyl (C=O) groups is 1. The van der Waals surface area contributed by atoms with Gasteiger partial charge in [-0.2, -0.15) is 0 Å². The molecule has 0 atom stereocenters. The average Bonchev–Trinajstić information content (AvgIpc) is 2.87. The van der Waals surface area contributed by atoms with Crippen molar-refractivity contribution in [1.29, 1.82) is 0 Å². The Hall–Kier alpha value is -0.950. The van der Waals surface area contributed by atoms with Crippen molar-refractivity contribution in [3.8, 4) is 0 Å². The smallest absolute Gasteiger partial charge is 0.221 e. The number of amides is 1. The van der Waals surface area contributed by atoms with E-state index < -0.39 is 0 Å². The first kappa shape index (κ1) is 16.4. The zero-order chi connectivity index (χ0) is 15.1. The molecule has 0 spiro atoms. The van der Waals surface area contributed by atoms with E-state index in [1.165, 1.54) is 44.0 Å². The summed E-state index contributed by atoms with van der Waals surface area (Å²) in [7, 11) is 2.19. The molecule has 1 amide bonds. The molecule has 2 rings (SSSR count). The summed E-state index contributed by atoms with van der Waals surface area (Å²) in [6.45, 7) is 9.31. The Morgan fingerprint density at radius 3 is 2.81 bits per heavy atom. The van der Waals surface area contributed by atoms with Crippen LogP contribution in [0.1, 0.15) is 18.2 Å². The highest BCUT2D eigenvalue weighted by molar-refractivity contribution is 7.10. The first-order chi connectivity index (χ1) is 10.1. The van der Waals surface area contributed by atoms with Gasteiger partial charge in [0.15, 0.2) is 0 Å². The number of thiophene rings is 1. The molecular weight excluding hydrogens is 284 g/mol. The third-order valence-electron chi connectivity index (χ3n) is 3.77. The molecule has 0 aromatic carbocycles. The Balaban J connectivity index is 1.59. The monoisotopic (exact) mass is 310 g/mol. The fraction of sp³-hybridized carbons (Fsp3) is 0.667. The highest BCUT2D eigenvalue weighted by atomic mass is 32.1. The second-order valence-electron chi connectivity index (χ2n) is 5.61. The molecule has 0 aliphatic carbocycles. The number of nitrogens with zero attached hydrogens (tertiary/aromatic N) is 2. The number of hydrogen-bond donors (Lipinski definition) is 2. The van der Waals surface area contributed by atoms with Crippen LogP contribution in [0.15, 0.2) is 11.4 Å². The molecule has 2 N–H and O–H groups in total. The maximum absolute atomic E-state index is 11.1. The van der Waals surface area contributed by atoms with Crippen LogP contribution in [-0.2, 0) is 11.3 Å². The van der Waals surface area contributed by atoms with Gasteiger partial charge in [0.25, 0.3) is 0 Å². The Bertz CT molecular complexity index is 441. The predicted octanol–water partition coefficient (Wildman–Crippen LogP) is 1.43. The lowest BCUT2D eigenvalue weighted by Crippen LogP contribution is -2.45. The van der Waals surface area contributed by atoms with Gasteiger partial charge in [0.05, 0.1) is 5.69 Å². The van der Waals surface area contributed by atoms with Gasteiger partial charge in [-0.15, -0.1) is 11.3 Å². The zero-order valence-corrected chi connectivity index (χ0v) is 13.8. The first-order valence-corrected chi connectivity index (χ1v) is 8.48. The van der Waals surface area contributed by atoms with E-state index in [2.05, 4.69) is 27.5 Å². The van der Waals surface area contributed by atoms with Crippen LogP contribution < -0.4 is 10.6 Å². The van der Waals surface area contributed by atoms with E-state index >= 15 is 0 Å². The molecule has 2 heterocycles. The zero-order valence-electron chi connectivity index (χ0n) is 13.0. The van der Waals surface area contributed by atoms with Gasteiger partial charge in [-0.1, -0.05) is 0 Å². The van der Waals surface area contributed by atoms with Gasteiger partial charge in [0.2, 0.25) is 5.91 Å².